The Morgan fingerprint density at radius 1 is 0.935 bits per heavy atom. The minimum absolute atomic E-state index is 0.159. The topological polar surface area (TPSA) is 75.7 Å². The Morgan fingerprint density at radius 3 is 2.10 bits per heavy atom. The lowest BCUT2D eigenvalue weighted by atomic mass is 10.1. The van der Waals surface area contributed by atoms with E-state index in [1.807, 2.05) is 0 Å². The van der Waals surface area contributed by atoms with Gasteiger partial charge in [-0.3, -0.25) is 4.79 Å². The quantitative estimate of drug-likeness (QED) is 0.579. The van der Waals surface area contributed by atoms with E-state index in [-0.39, 0.29) is 29.7 Å². The summed E-state index contributed by atoms with van der Waals surface area (Å²) in [5, 5.41) is 2.77. The predicted octanol–water partition coefficient (Wildman–Crippen LogP) is 3.59. The van der Waals surface area contributed by atoms with Crippen molar-refractivity contribution in [1.82, 2.24) is 9.62 Å². The third-order valence-corrected chi connectivity index (χ3v) is 6.57. The van der Waals surface area contributed by atoms with Crippen LogP contribution in [0.25, 0.3) is 0 Å². The molecular weight excluding hydrogens is 419 g/mol. The van der Waals surface area contributed by atoms with E-state index < -0.39 is 10.0 Å². The van der Waals surface area contributed by atoms with Gasteiger partial charge in [-0.2, -0.15) is 4.31 Å². The first-order chi connectivity index (χ1) is 14.8. The van der Waals surface area contributed by atoms with Crippen molar-refractivity contribution >= 4 is 15.9 Å². The molecule has 1 N–H and O–H groups in total. The van der Waals surface area contributed by atoms with Gasteiger partial charge in [-0.1, -0.05) is 24.3 Å². The van der Waals surface area contributed by atoms with E-state index in [0.717, 1.165) is 11.1 Å². The molecule has 0 aliphatic heterocycles. The van der Waals surface area contributed by atoms with Gasteiger partial charge in [0.2, 0.25) is 10.0 Å². The van der Waals surface area contributed by atoms with Gasteiger partial charge in [-0.05, 0) is 59.7 Å². The van der Waals surface area contributed by atoms with Gasteiger partial charge in [0.05, 0.1) is 12.0 Å². The molecule has 0 spiro atoms. The van der Waals surface area contributed by atoms with Gasteiger partial charge in [-0.25, -0.2) is 12.8 Å². The molecule has 0 aliphatic rings. The first-order valence-corrected chi connectivity index (χ1v) is 11.0. The Hall–Kier alpha value is -3.23. The van der Waals surface area contributed by atoms with Crippen LogP contribution in [-0.4, -0.2) is 32.8 Å². The van der Waals surface area contributed by atoms with Gasteiger partial charge in [0, 0.05) is 25.7 Å². The lowest BCUT2D eigenvalue weighted by molar-refractivity contribution is 0.0951. The minimum atomic E-state index is -3.66. The van der Waals surface area contributed by atoms with E-state index in [4.69, 9.17) is 4.74 Å². The van der Waals surface area contributed by atoms with Crippen molar-refractivity contribution in [1.29, 1.82) is 0 Å². The van der Waals surface area contributed by atoms with Crippen molar-refractivity contribution in [2.75, 3.05) is 14.2 Å². The standard InChI is InChI=1S/C23H23FN2O4S/c1-26(31(28,29)22-13-11-21(30-2)12-14-22)16-18-3-7-19(8-4-18)23(27)25-15-17-5-9-20(24)10-6-17/h3-14H,15-16H2,1-2H3,(H,25,27). The predicted molar refractivity (Wildman–Crippen MR) is 116 cm³/mol. The van der Waals surface area contributed by atoms with Gasteiger partial charge in [-0.15, -0.1) is 0 Å². The monoisotopic (exact) mass is 442 g/mol. The van der Waals surface area contributed by atoms with E-state index in [1.54, 1.807) is 48.5 Å². The number of halogens is 1. The van der Waals surface area contributed by atoms with Crippen LogP contribution in [0.2, 0.25) is 0 Å². The molecule has 0 radical (unpaired) electrons. The number of carbonyl (C=O) groups is 1. The van der Waals surface area contributed by atoms with Crippen LogP contribution in [0.15, 0.2) is 77.7 Å². The summed E-state index contributed by atoms with van der Waals surface area (Å²) < 4.78 is 44.8. The van der Waals surface area contributed by atoms with Crippen LogP contribution in [-0.2, 0) is 23.1 Å². The lowest BCUT2D eigenvalue weighted by Gasteiger charge is -2.17. The van der Waals surface area contributed by atoms with Gasteiger partial charge >= 0.3 is 0 Å². The summed E-state index contributed by atoms with van der Waals surface area (Å²) in [4.78, 5) is 12.5. The summed E-state index contributed by atoms with van der Waals surface area (Å²) in [6, 6.07) is 18.8. The molecule has 0 aliphatic carbocycles. The van der Waals surface area contributed by atoms with E-state index in [0.29, 0.717) is 11.3 Å². The molecule has 162 valence electrons. The average molecular weight is 443 g/mol. The zero-order chi connectivity index (χ0) is 22.4. The summed E-state index contributed by atoms with van der Waals surface area (Å²) in [7, 11) is -0.640. The van der Waals surface area contributed by atoms with Gasteiger partial charge < -0.3 is 10.1 Å². The van der Waals surface area contributed by atoms with E-state index >= 15 is 0 Å². The molecule has 1 amide bonds. The summed E-state index contributed by atoms with van der Waals surface area (Å²) >= 11 is 0. The SMILES string of the molecule is COc1ccc(S(=O)(=O)N(C)Cc2ccc(C(=O)NCc3ccc(F)cc3)cc2)cc1. The Morgan fingerprint density at radius 2 is 1.52 bits per heavy atom. The Labute approximate surface area is 181 Å². The number of carbonyl (C=O) groups excluding carboxylic acids is 1. The molecule has 8 heteroatoms. The maximum atomic E-state index is 12.9. The highest BCUT2D eigenvalue weighted by Crippen LogP contribution is 2.20. The van der Waals surface area contributed by atoms with Crippen molar-refractivity contribution in [3.8, 4) is 5.75 Å². The Balaban J connectivity index is 1.61. The van der Waals surface area contributed by atoms with Crippen LogP contribution < -0.4 is 10.1 Å². The highest BCUT2D eigenvalue weighted by molar-refractivity contribution is 7.89. The Bertz CT molecular complexity index is 1130. The highest BCUT2D eigenvalue weighted by atomic mass is 32.2. The molecule has 0 saturated heterocycles. The van der Waals surface area contributed by atoms with Gasteiger partial charge in [0.15, 0.2) is 0 Å². The van der Waals surface area contributed by atoms with E-state index in [2.05, 4.69) is 5.32 Å². The third kappa shape index (κ3) is 5.68. The summed E-state index contributed by atoms with van der Waals surface area (Å²) in [6.45, 7) is 0.440. The second-order valence-corrected chi connectivity index (χ2v) is 8.99. The first kappa shape index (κ1) is 22.5. The molecular formula is C23H23FN2O4S. The van der Waals surface area contributed by atoms with E-state index in [1.165, 1.54) is 42.7 Å². The number of ether oxygens (including phenoxy) is 1. The zero-order valence-electron chi connectivity index (χ0n) is 17.2. The number of sulfonamides is 1. The fourth-order valence-corrected chi connectivity index (χ4v) is 4.08. The summed E-state index contributed by atoms with van der Waals surface area (Å²) in [6.07, 6.45) is 0. The number of benzene rings is 3. The van der Waals surface area contributed by atoms with Crippen LogP contribution in [0, 0.1) is 5.82 Å². The molecule has 0 aromatic heterocycles. The molecule has 31 heavy (non-hydrogen) atoms. The summed E-state index contributed by atoms with van der Waals surface area (Å²) in [5.41, 5.74) is 1.98. The number of rotatable bonds is 8. The largest absolute Gasteiger partial charge is 0.497 e. The number of nitrogens with one attached hydrogen (secondary N) is 1. The first-order valence-electron chi connectivity index (χ1n) is 9.51. The normalized spacial score (nSPS) is 11.4. The number of nitrogens with zero attached hydrogens (tertiary/aromatic N) is 1. The molecule has 0 atom stereocenters. The van der Waals surface area contributed by atoms with Crippen LogP contribution >= 0.6 is 0 Å². The third-order valence-electron chi connectivity index (χ3n) is 4.76. The highest BCUT2D eigenvalue weighted by Gasteiger charge is 2.21. The molecule has 0 unspecified atom stereocenters. The Kier molecular flexibility index (Phi) is 7.04. The molecule has 0 fully saturated rings. The van der Waals surface area contributed by atoms with E-state index in [9.17, 15) is 17.6 Å². The molecule has 0 saturated carbocycles. The maximum absolute atomic E-state index is 12.9. The van der Waals surface area contributed by atoms with Crippen LogP contribution in [0.4, 0.5) is 4.39 Å². The smallest absolute Gasteiger partial charge is 0.251 e. The zero-order valence-corrected chi connectivity index (χ0v) is 18.0. The van der Waals surface area contributed by atoms with Crippen molar-refractivity contribution < 1.29 is 22.3 Å². The fraction of sp³-hybridized carbons (Fsp3) is 0.174. The molecule has 0 heterocycles. The number of amides is 1. The second-order valence-electron chi connectivity index (χ2n) is 6.94. The van der Waals surface area contributed by atoms with Crippen molar-refractivity contribution in [2.45, 2.75) is 18.0 Å². The molecule has 0 bridgehead atoms. The van der Waals surface area contributed by atoms with Crippen molar-refractivity contribution in [2.24, 2.45) is 0 Å². The molecule has 6 nitrogen and oxygen atoms in total. The minimum Gasteiger partial charge on any atom is -0.497 e. The molecule has 3 rings (SSSR count). The second kappa shape index (κ2) is 9.72. The van der Waals surface area contributed by atoms with Crippen molar-refractivity contribution in [3.05, 3.63) is 95.3 Å². The summed E-state index contributed by atoms with van der Waals surface area (Å²) in [5.74, 6) is -0.0189. The average Bonchev–Trinajstić information content (AvgIpc) is 2.79. The fourth-order valence-electron chi connectivity index (χ4n) is 2.92. The lowest BCUT2D eigenvalue weighted by Crippen LogP contribution is -2.26. The molecule has 3 aromatic rings. The van der Waals surface area contributed by atoms with Gasteiger partial charge in [0.25, 0.3) is 5.91 Å². The van der Waals surface area contributed by atoms with Crippen LogP contribution in [0.5, 0.6) is 5.75 Å². The number of hydrogen-bond acceptors (Lipinski definition) is 4. The van der Waals surface area contributed by atoms with Gasteiger partial charge in [0.1, 0.15) is 11.6 Å². The van der Waals surface area contributed by atoms with Crippen molar-refractivity contribution in [3.63, 3.8) is 0 Å². The maximum Gasteiger partial charge on any atom is 0.251 e. The number of methoxy groups -OCH3 is 1. The van der Waals surface area contributed by atoms with Crippen LogP contribution in [0.1, 0.15) is 21.5 Å². The number of hydrogen-bond donors (Lipinski definition) is 1. The van der Waals surface area contributed by atoms with Crippen LogP contribution in [0.3, 0.4) is 0 Å². The molecule has 3 aromatic carbocycles.